The number of nitrogens with two attached hydrogens (primary N) is 1. The monoisotopic (exact) mass is 259 g/mol. The minimum atomic E-state index is 0.593. The van der Waals surface area contributed by atoms with E-state index in [4.69, 9.17) is 10.5 Å². The van der Waals surface area contributed by atoms with E-state index in [9.17, 15) is 0 Å². The molecular formula is C15H21N3O. The molecule has 102 valence electrons. The van der Waals surface area contributed by atoms with E-state index in [2.05, 4.69) is 24.2 Å². The summed E-state index contributed by atoms with van der Waals surface area (Å²) in [7, 11) is 1.90. The average molecular weight is 259 g/mol. The smallest absolute Gasteiger partial charge is 0.221 e. The van der Waals surface area contributed by atoms with Crippen LogP contribution in [0.1, 0.15) is 22.4 Å². The number of rotatable bonds is 4. The zero-order valence-corrected chi connectivity index (χ0v) is 12.0. The molecule has 19 heavy (non-hydrogen) atoms. The Kier molecular flexibility index (Phi) is 3.90. The molecule has 0 saturated carbocycles. The quantitative estimate of drug-likeness (QED) is 0.918. The van der Waals surface area contributed by atoms with Crippen LogP contribution < -0.4 is 10.5 Å². The third kappa shape index (κ3) is 2.79. The van der Waals surface area contributed by atoms with Crippen molar-refractivity contribution in [1.82, 2.24) is 9.78 Å². The lowest BCUT2D eigenvalue weighted by molar-refractivity contribution is 0.423. The van der Waals surface area contributed by atoms with E-state index in [1.54, 1.807) is 4.68 Å². The molecule has 0 bridgehead atoms. The lowest BCUT2D eigenvalue weighted by Crippen LogP contribution is -2.05. The third-order valence-corrected chi connectivity index (χ3v) is 3.23. The van der Waals surface area contributed by atoms with E-state index < -0.39 is 0 Å². The fourth-order valence-electron chi connectivity index (χ4n) is 2.16. The topological polar surface area (TPSA) is 53.1 Å². The van der Waals surface area contributed by atoms with Gasteiger partial charge in [0.05, 0.1) is 5.69 Å². The summed E-state index contributed by atoms with van der Waals surface area (Å²) < 4.78 is 7.85. The molecule has 0 spiro atoms. The van der Waals surface area contributed by atoms with E-state index in [1.165, 1.54) is 5.56 Å². The van der Waals surface area contributed by atoms with Crippen LogP contribution in [-0.4, -0.2) is 16.3 Å². The third-order valence-electron chi connectivity index (χ3n) is 3.23. The van der Waals surface area contributed by atoms with E-state index in [-0.39, 0.29) is 0 Å². The van der Waals surface area contributed by atoms with Crippen molar-refractivity contribution in [1.29, 1.82) is 0 Å². The Morgan fingerprint density at radius 2 is 2.00 bits per heavy atom. The van der Waals surface area contributed by atoms with Gasteiger partial charge in [-0.15, -0.1) is 0 Å². The molecule has 2 N–H and O–H groups in total. The normalized spacial score (nSPS) is 10.8. The highest BCUT2D eigenvalue weighted by Crippen LogP contribution is 2.30. The van der Waals surface area contributed by atoms with Gasteiger partial charge in [0.15, 0.2) is 0 Å². The summed E-state index contributed by atoms with van der Waals surface area (Å²) >= 11 is 0. The predicted octanol–water partition coefficient (Wildman–Crippen LogP) is 2.64. The molecule has 1 aromatic carbocycles. The number of hydrogen-bond donors (Lipinski definition) is 1. The molecule has 0 atom stereocenters. The van der Waals surface area contributed by atoms with E-state index in [0.29, 0.717) is 6.54 Å². The zero-order chi connectivity index (χ0) is 14.0. The fraction of sp³-hybridized carbons (Fsp3) is 0.400. The predicted molar refractivity (Wildman–Crippen MR) is 76.7 cm³/mol. The molecule has 1 aromatic heterocycles. The maximum Gasteiger partial charge on any atom is 0.221 e. The van der Waals surface area contributed by atoms with Crippen molar-refractivity contribution in [2.75, 3.05) is 6.54 Å². The second-order valence-corrected chi connectivity index (χ2v) is 4.90. The first-order chi connectivity index (χ1) is 9.02. The minimum absolute atomic E-state index is 0.593. The Hall–Kier alpha value is -1.81. The lowest BCUT2D eigenvalue weighted by Gasteiger charge is -2.11. The molecule has 0 fully saturated rings. The van der Waals surface area contributed by atoms with Gasteiger partial charge in [-0.2, -0.15) is 5.10 Å². The van der Waals surface area contributed by atoms with Crippen LogP contribution in [0.5, 0.6) is 11.6 Å². The standard InChI is InChI=1S/C15H21N3O/c1-10-5-6-11(2)14(9-10)19-15-13(7-8-16)12(3)17-18(15)4/h5-6,9H,7-8,16H2,1-4H3. The summed E-state index contributed by atoms with van der Waals surface area (Å²) in [5, 5.41) is 4.41. The molecule has 4 heteroatoms. The van der Waals surface area contributed by atoms with Crippen LogP contribution in [0.15, 0.2) is 18.2 Å². The van der Waals surface area contributed by atoms with Crippen molar-refractivity contribution in [3.05, 3.63) is 40.6 Å². The second kappa shape index (κ2) is 5.45. The summed E-state index contributed by atoms with van der Waals surface area (Å²) in [5.41, 5.74) is 10.0. The largest absolute Gasteiger partial charge is 0.439 e. The van der Waals surface area contributed by atoms with E-state index in [1.807, 2.05) is 27.0 Å². The maximum atomic E-state index is 6.07. The summed E-state index contributed by atoms with van der Waals surface area (Å²) in [6, 6.07) is 6.19. The molecule has 2 aromatic rings. The minimum Gasteiger partial charge on any atom is -0.439 e. The molecule has 0 aliphatic heterocycles. The molecule has 0 amide bonds. The molecule has 0 aliphatic rings. The Bertz CT molecular complexity index is 587. The van der Waals surface area contributed by atoms with Crippen molar-refractivity contribution in [3.8, 4) is 11.6 Å². The number of aryl methyl sites for hydroxylation is 4. The van der Waals surface area contributed by atoms with Crippen molar-refractivity contribution in [2.24, 2.45) is 12.8 Å². The van der Waals surface area contributed by atoms with E-state index in [0.717, 1.165) is 34.9 Å². The van der Waals surface area contributed by atoms with Gasteiger partial charge < -0.3 is 10.5 Å². The fourth-order valence-corrected chi connectivity index (χ4v) is 2.16. The highest BCUT2D eigenvalue weighted by atomic mass is 16.5. The van der Waals surface area contributed by atoms with Gasteiger partial charge in [-0.3, -0.25) is 0 Å². The Morgan fingerprint density at radius 3 is 2.68 bits per heavy atom. The van der Waals surface area contributed by atoms with Crippen LogP contribution in [0.2, 0.25) is 0 Å². The molecule has 0 aliphatic carbocycles. The molecule has 0 unspecified atom stereocenters. The van der Waals surface area contributed by atoms with Crippen LogP contribution in [0.25, 0.3) is 0 Å². The number of ether oxygens (including phenoxy) is 1. The highest BCUT2D eigenvalue weighted by molar-refractivity contribution is 5.41. The molecule has 4 nitrogen and oxygen atoms in total. The first-order valence-corrected chi connectivity index (χ1v) is 6.50. The number of aromatic nitrogens is 2. The SMILES string of the molecule is Cc1ccc(C)c(Oc2c(CCN)c(C)nn2C)c1. The van der Waals surface area contributed by atoms with Gasteiger partial charge in [0, 0.05) is 12.6 Å². The van der Waals surface area contributed by atoms with Gasteiger partial charge in [0.1, 0.15) is 5.75 Å². The van der Waals surface area contributed by atoms with Crippen LogP contribution in [-0.2, 0) is 13.5 Å². The lowest BCUT2D eigenvalue weighted by atomic mass is 10.1. The Morgan fingerprint density at radius 1 is 1.26 bits per heavy atom. The van der Waals surface area contributed by atoms with Crippen molar-refractivity contribution < 1.29 is 4.74 Å². The van der Waals surface area contributed by atoms with Crippen LogP contribution in [0.4, 0.5) is 0 Å². The van der Waals surface area contributed by atoms with E-state index >= 15 is 0 Å². The molecule has 1 heterocycles. The van der Waals surface area contributed by atoms with Gasteiger partial charge in [-0.1, -0.05) is 12.1 Å². The van der Waals surface area contributed by atoms with Gasteiger partial charge >= 0.3 is 0 Å². The molecular weight excluding hydrogens is 238 g/mol. The van der Waals surface area contributed by atoms with Crippen LogP contribution in [0, 0.1) is 20.8 Å². The Balaban J connectivity index is 2.40. The first kappa shape index (κ1) is 13.6. The van der Waals surface area contributed by atoms with Crippen molar-refractivity contribution in [2.45, 2.75) is 27.2 Å². The van der Waals surface area contributed by atoms with Gasteiger partial charge in [-0.05, 0) is 50.9 Å². The zero-order valence-electron chi connectivity index (χ0n) is 12.0. The van der Waals surface area contributed by atoms with Crippen LogP contribution >= 0.6 is 0 Å². The maximum absolute atomic E-state index is 6.07. The first-order valence-electron chi connectivity index (χ1n) is 6.50. The van der Waals surface area contributed by atoms with Gasteiger partial charge in [0.2, 0.25) is 5.88 Å². The summed E-state index contributed by atoms with van der Waals surface area (Å²) in [5.74, 6) is 1.66. The second-order valence-electron chi connectivity index (χ2n) is 4.90. The van der Waals surface area contributed by atoms with Gasteiger partial charge in [0.25, 0.3) is 0 Å². The van der Waals surface area contributed by atoms with Crippen molar-refractivity contribution in [3.63, 3.8) is 0 Å². The number of benzene rings is 1. The summed E-state index contributed by atoms with van der Waals surface area (Å²) in [6.07, 6.45) is 0.778. The summed E-state index contributed by atoms with van der Waals surface area (Å²) in [4.78, 5) is 0. The number of hydrogen-bond acceptors (Lipinski definition) is 3. The average Bonchev–Trinajstić information content (AvgIpc) is 2.61. The van der Waals surface area contributed by atoms with Gasteiger partial charge in [-0.25, -0.2) is 4.68 Å². The highest BCUT2D eigenvalue weighted by Gasteiger charge is 2.15. The van der Waals surface area contributed by atoms with Crippen LogP contribution in [0.3, 0.4) is 0 Å². The molecule has 2 rings (SSSR count). The van der Waals surface area contributed by atoms with Crippen molar-refractivity contribution >= 4 is 0 Å². The Labute approximate surface area is 114 Å². The molecule has 0 radical (unpaired) electrons. The molecule has 0 saturated heterocycles. The summed E-state index contributed by atoms with van der Waals surface area (Å²) in [6.45, 7) is 6.68. The number of nitrogens with zero attached hydrogens (tertiary/aromatic N) is 2.